The third kappa shape index (κ3) is 5.31. The monoisotopic (exact) mass is 440 g/mol. The molecule has 0 spiro atoms. The summed E-state index contributed by atoms with van der Waals surface area (Å²) in [5.41, 5.74) is 1.39. The molecule has 0 unspecified atom stereocenters. The lowest BCUT2D eigenvalue weighted by Gasteiger charge is -2.28. The van der Waals surface area contributed by atoms with Gasteiger partial charge in [-0.2, -0.15) is 0 Å². The minimum Gasteiger partial charge on any atom is -0.468 e. The van der Waals surface area contributed by atoms with E-state index in [1.807, 2.05) is 6.07 Å². The Balaban J connectivity index is 1.36. The molecule has 31 heavy (non-hydrogen) atoms. The Kier molecular flexibility index (Phi) is 6.34. The molecule has 2 N–H and O–H groups in total. The SMILES string of the molecule is O=C(Nc1ccc(N2CCCCC2)cn1)c1ccc(S(=O)(=O)NCc2ccco2)cc1. The third-order valence-electron chi connectivity index (χ3n) is 5.15. The van der Waals surface area contributed by atoms with Gasteiger partial charge in [0.05, 0.1) is 29.6 Å². The molecule has 0 atom stereocenters. The predicted molar refractivity (Wildman–Crippen MR) is 117 cm³/mol. The van der Waals surface area contributed by atoms with Crippen molar-refractivity contribution in [1.82, 2.24) is 9.71 Å². The summed E-state index contributed by atoms with van der Waals surface area (Å²) < 4.78 is 32.4. The van der Waals surface area contributed by atoms with Crippen LogP contribution in [-0.2, 0) is 16.6 Å². The second-order valence-electron chi connectivity index (χ2n) is 7.33. The zero-order chi connectivity index (χ0) is 21.7. The van der Waals surface area contributed by atoms with E-state index in [1.165, 1.54) is 49.8 Å². The minimum atomic E-state index is -3.71. The Bertz CT molecular complexity index is 1110. The topological polar surface area (TPSA) is 105 Å². The molecular weight excluding hydrogens is 416 g/mol. The zero-order valence-corrected chi connectivity index (χ0v) is 17.8. The molecular formula is C22H24N4O4S. The third-order valence-corrected chi connectivity index (χ3v) is 6.57. The van der Waals surface area contributed by atoms with Crippen LogP contribution in [0.2, 0.25) is 0 Å². The Hall–Kier alpha value is -3.17. The summed E-state index contributed by atoms with van der Waals surface area (Å²) in [6, 6.07) is 12.8. The molecule has 1 saturated heterocycles. The van der Waals surface area contributed by atoms with Crippen molar-refractivity contribution in [2.75, 3.05) is 23.3 Å². The summed E-state index contributed by atoms with van der Waals surface area (Å²) >= 11 is 0. The molecule has 0 bridgehead atoms. The van der Waals surface area contributed by atoms with Gasteiger partial charge in [0.1, 0.15) is 11.6 Å². The molecule has 1 aromatic carbocycles. The number of nitrogens with one attached hydrogen (secondary N) is 2. The van der Waals surface area contributed by atoms with E-state index < -0.39 is 10.0 Å². The zero-order valence-electron chi connectivity index (χ0n) is 17.0. The molecule has 0 saturated carbocycles. The van der Waals surface area contributed by atoms with E-state index in [9.17, 15) is 13.2 Å². The first kappa shape index (κ1) is 21.1. The van der Waals surface area contributed by atoms with Crippen LogP contribution in [0.25, 0.3) is 0 Å². The summed E-state index contributed by atoms with van der Waals surface area (Å²) in [4.78, 5) is 19.2. The number of sulfonamides is 1. The Morgan fingerprint density at radius 2 is 1.81 bits per heavy atom. The molecule has 162 valence electrons. The average molecular weight is 441 g/mol. The van der Waals surface area contributed by atoms with Crippen molar-refractivity contribution < 1.29 is 17.6 Å². The molecule has 3 heterocycles. The lowest BCUT2D eigenvalue weighted by atomic mass is 10.1. The number of furan rings is 1. The number of benzene rings is 1. The summed E-state index contributed by atoms with van der Waals surface area (Å²) in [6.45, 7) is 2.11. The molecule has 9 heteroatoms. The molecule has 1 fully saturated rings. The highest BCUT2D eigenvalue weighted by Crippen LogP contribution is 2.20. The van der Waals surface area contributed by atoms with Crippen LogP contribution in [0.1, 0.15) is 35.4 Å². The maximum Gasteiger partial charge on any atom is 0.256 e. The van der Waals surface area contributed by atoms with Crippen LogP contribution in [0, 0.1) is 0 Å². The molecule has 0 aliphatic carbocycles. The molecule has 1 aliphatic heterocycles. The van der Waals surface area contributed by atoms with Crippen molar-refractivity contribution in [2.45, 2.75) is 30.7 Å². The van der Waals surface area contributed by atoms with Gasteiger partial charge in [-0.3, -0.25) is 4.79 Å². The van der Waals surface area contributed by atoms with Crippen molar-refractivity contribution in [3.05, 3.63) is 72.3 Å². The second kappa shape index (κ2) is 9.32. The number of anilines is 2. The van der Waals surface area contributed by atoms with Crippen molar-refractivity contribution in [1.29, 1.82) is 0 Å². The molecule has 1 amide bonds. The fourth-order valence-corrected chi connectivity index (χ4v) is 4.43. The van der Waals surface area contributed by atoms with E-state index >= 15 is 0 Å². The van der Waals surface area contributed by atoms with Gasteiger partial charge in [0, 0.05) is 18.7 Å². The number of carbonyl (C=O) groups excluding carboxylic acids is 1. The van der Waals surface area contributed by atoms with Crippen molar-refractivity contribution in [2.24, 2.45) is 0 Å². The highest BCUT2D eigenvalue weighted by molar-refractivity contribution is 7.89. The van der Waals surface area contributed by atoms with Gasteiger partial charge in [0.15, 0.2) is 0 Å². The number of aromatic nitrogens is 1. The number of nitrogens with zero attached hydrogens (tertiary/aromatic N) is 2. The van der Waals surface area contributed by atoms with Gasteiger partial charge < -0.3 is 14.6 Å². The fourth-order valence-electron chi connectivity index (χ4n) is 3.44. The molecule has 2 aromatic heterocycles. The Labute approximate surface area is 181 Å². The molecule has 4 rings (SSSR count). The largest absolute Gasteiger partial charge is 0.468 e. The van der Waals surface area contributed by atoms with Crippen molar-refractivity contribution in [3.63, 3.8) is 0 Å². The molecule has 1 aliphatic rings. The number of amides is 1. The maximum atomic E-state index is 12.5. The number of carbonyl (C=O) groups is 1. The van der Waals surface area contributed by atoms with Crippen LogP contribution in [0.4, 0.5) is 11.5 Å². The van der Waals surface area contributed by atoms with Crippen LogP contribution in [-0.4, -0.2) is 32.4 Å². The van der Waals surface area contributed by atoms with E-state index in [-0.39, 0.29) is 17.3 Å². The highest BCUT2D eigenvalue weighted by Gasteiger charge is 2.16. The van der Waals surface area contributed by atoms with E-state index in [0.717, 1.165) is 18.8 Å². The average Bonchev–Trinajstić information content (AvgIpc) is 3.33. The van der Waals surface area contributed by atoms with Gasteiger partial charge in [-0.1, -0.05) is 0 Å². The quantitative estimate of drug-likeness (QED) is 0.584. The maximum absolute atomic E-state index is 12.5. The number of rotatable bonds is 7. The van der Waals surface area contributed by atoms with Gasteiger partial charge in [0.25, 0.3) is 5.91 Å². The molecule has 3 aromatic rings. The van der Waals surface area contributed by atoms with Gasteiger partial charge >= 0.3 is 0 Å². The van der Waals surface area contributed by atoms with Crippen LogP contribution in [0.3, 0.4) is 0 Å². The number of hydrogen-bond donors (Lipinski definition) is 2. The first-order valence-electron chi connectivity index (χ1n) is 10.2. The first-order valence-corrected chi connectivity index (χ1v) is 11.6. The van der Waals surface area contributed by atoms with Gasteiger partial charge in [-0.05, 0) is 67.8 Å². The lowest BCUT2D eigenvalue weighted by Crippen LogP contribution is -2.29. The Morgan fingerprint density at radius 1 is 1.03 bits per heavy atom. The first-order chi connectivity index (χ1) is 15.0. The second-order valence-corrected chi connectivity index (χ2v) is 9.10. The summed E-state index contributed by atoms with van der Waals surface area (Å²) in [5.74, 6) is 0.603. The van der Waals surface area contributed by atoms with Crippen LogP contribution < -0.4 is 14.9 Å². The van der Waals surface area contributed by atoms with Crippen molar-refractivity contribution >= 4 is 27.4 Å². The number of hydrogen-bond acceptors (Lipinski definition) is 6. The summed E-state index contributed by atoms with van der Waals surface area (Å²) in [7, 11) is -3.71. The van der Waals surface area contributed by atoms with Gasteiger partial charge in [0.2, 0.25) is 10.0 Å². The van der Waals surface area contributed by atoms with Crippen LogP contribution >= 0.6 is 0 Å². The molecule has 0 radical (unpaired) electrons. The van der Waals surface area contributed by atoms with Crippen LogP contribution in [0.15, 0.2) is 70.3 Å². The van der Waals surface area contributed by atoms with E-state index in [0.29, 0.717) is 17.1 Å². The van der Waals surface area contributed by atoms with Crippen molar-refractivity contribution in [3.8, 4) is 0 Å². The standard InChI is InChI=1S/C22H24N4O4S/c27-22(25-21-11-8-18(15-23-21)26-12-2-1-3-13-26)17-6-9-20(10-7-17)31(28,29)24-16-19-5-4-14-30-19/h4-11,14-15,24H,1-3,12-13,16H2,(H,23,25,27). The minimum absolute atomic E-state index is 0.0522. The van der Waals surface area contributed by atoms with E-state index in [1.54, 1.807) is 24.4 Å². The summed E-state index contributed by atoms with van der Waals surface area (Å²) in [6.07, 6.45) is 6.87. The van der Waals surface area contributed by atoms with Gasteiger partial charge in [-0.15, -0.1) is 0 Å². The summed E-state index contributed by atoms with van der Waals surface area (Å²) in [5, 5.41) is 2.74. The van der Waals surface area contributed by atoms with Crippen LogP contribution in [0.5, 0.6) is 0 Å². The molecule has 8 nitrogen and oxygen atoms in total. The van der Waals surface area contributed by atoms with E-state index in [2.05, 4.69) is 19.9 Å². The normalized spacial score (nSPS) is 14.4. The number of pyridine rings is 1. The van der Waals surface area contributed by atoms with E-state index in [4.69, 9.17) is 4.42 Å². The predicted octanol–water partition coefficient (Wildman–Crippen LogP) is 3.40. The smallest absolute Gasteiger partial charge is 0.256 e. The fraction of sp³-hybridized carbons (Fsp3) is 0.273. The number of piperidine rings is 1. The highest BCUT2D eigenvalue weighted by atomic mass is 32.2. The van der Waals surface area contributed by atoms with Gasteiger partial charge in [-0.25, -0.2) is 18.1 Å². The Morgan fingerprint density at radius 3 is 2.45 bits per heavy atom. The lowest BCUT2D eigenvalue weighted by molar-refractivity contribution is 0.102.